The Morgan fingerprint density at radius 3 is 2.14 bits per heavy atom. The van der Waals surface area contributed by atoms with Crippen LogP contribution in [0.1, 0.15) is 26.3 Å². The molecule has 3 aromatic rings. The van der Waals surface area contributed by atoms with Gasteiger partial charge in [0, 0.05) is 17.2 Å². The average Bonchev–Trinajstić information content (AvgIpc) is 3.16. The van der Waals surface area contributed by atoms with E-state index in [0.717, 1.165) is 11.6 Å². The van der Waals surface area contributed by atoms with E-state index in [4.69, 9.17) is 32.8 Å². The molecule has 11 N–H and O–H groups in total. The first-order chi connectivity index (χ1) is 26.5. The van der Waals surface area contributed by atoms with E-state index in [2.05, 4.69) is 0 Å². The van der Waals surface area contributed by atoms with Gasteiger partial charge in [-0.05, 0) is 51.5 Å². The molecule has 3 aliphatic rings. The van der Waals surface area contributed by atoms with Crippen molar-refractivity contribution in [2.24, 2.45) is 0 Å². The van der Waals surface area contributed by atoms with Gasteiger partial charge in [0.2, 0.25) is 23.8 Å². The van der Waals surface area contributed by atoms with Crippen LogP contribution in [0.2, 0.25) is 0 Å². The quantitative estimate of drug-likeness (QED) is 0.101. The molecule has 0 amide bonds. The van der Waals surface area contributed by atoms with Gasteiger partial charge in [-0.1, -0.05) is 11.6 Å². The molecule has 56 heavy (non-hydrogen) atoms. The topological polar surface area (TPSA) is 308 Å². The van der Waals surface area contributed by atoms with Gasteiger partial charge in [0.15, 0.2) is 18.2 Å². The SMILES string of the molecule is CC(C)=CCc1c(O[C@@H]2OC(CO)[C@@H](O)[C@H](O)C2O)cc(O)c2c(=O)c(O[C@@H]3OC[C@@H](O)C(O)C3O[C@@H]3OC(C)[C@H](O)C(O)[C@@H]3O)c(-c3ccc(O)cc3)oc12. The molecule has 3 saturated heterocycles. The number of fused-ring (bicyclic) bond motifs is 1. The van der Waals surface area contributed by atoms with Crippen LogP contribution in [0.25, 0.3) is 22.3 Å². The van der Waals surface area contributed by atoms with Crippen molar-refractivity contribution in [1.29, 1.82) is 0 Å². The molecular formula is C37H46O19. The number of allylic oxidation sites excluding steroid dienone is 2. The molecule has 308 valence electrons. The van der Waals surface area contributed by atoms with E-state index < -0.39 is 122 Å². The fourth-order valence-electron chi connectivity index (χ4n) is 6.57. The highest BCUT2D eigenvalue weighted by molar-refractivity contribution is 5.91. The lowest BCUT2D eigenvalue weighted by atomic mass is 9.99. The van der Waals surface area contributed by atoms with Gasteiger partial charge in [0.1, 0.15) is 83.2 Å². The zero-order valence-corrected chi connectivity index (χ0v) is 30.4. The first-order valence-corrected chi connectivity index (χ1v) is 17.8. The van der Waals surface area contributed by atoms with Gasteiger partial charge < -0.3 is 89.0 Å². The monoisotopic (exact) mass is 794 g/mol. The zero-order chi connectivity index (χ0) is 40.7. The number of aromatic hydroxyl groups is 2. The van der Waals surface area contributed by atoms with Gasteiger partial charge in [-0.25, -0.2) is 0 Å². The van der Waals surface area contributed by atoms with Crippen LogP contribution in [0.15, 0.2) is 51.2 Å². The van der Waals surface area contributed by atoms with Gasteiger partial charge in [-0.2, -0.15) is 0 Å². The molecule has 6 unspecified atom stereocenters. The Bertz CT molecular complexity index is 1930. The molecule has 3 aliphatic heterocycles. The highest BCUT2D eigenvalue weighted by atomic mass is 16.8. The Hall–Kier alpha value is -3.93. The summed E-state index contributed by atoms with van der Waals surface area (Å²) in [5, 5.41) is 115. The second-order valence-electron chi connectivity index (χ2n) is 14.2. The largest absolute Gasteiger partial charge is 0.508 e. The minimum Gasteiger partial charge on any atom is -0.508 e. The fraction of sp³-hybridized carbons (Fsp3) is 0.541. The van der Waals surface area contributed by atoms with Gasteiger partial charge in [-0.3, -0.25) is 4.79 Å². The van der Waals surface area contributed by atoms with Crippen LogP contribution in [-0.4, -0.2) is 155 Å². The molecule has 0 saturated carbocycles. The van der Waals surface area contributed by atoms with Crippen molar-refractivity contribution < 1.29 is 89.0 Å². The number of ether oxygens (including phenoxy) is 6. The predicted molar refractivity (Wildman–Crippen MR) is 188 cm³/mol. The molecule has 0 spiro atoms. The Morgan fingerprint density at radius 1 is 0.821 bits per heavy atom. The van der Waals surface area contributed by atoms with E-state index in [-0.39, 0.29) is 40.4 Å². The van der Waals surface area contributed by atoms with Crippen molar-refractivity contribution in [3.05, 3.63) is 57.8 Å². The van der Waals surface area contributed by atoms with Crippen molar-refractivity contribution in [2.75, 3.05) is 13.2 Å². The minimum atomic E-state index is -1.83. The summed E-state index contributed by atoms with van der Waals surface area (Å²) in [6, 6.07) is 6.37. The lowest BCUT2D eigenvalue weighted by Crippen LogP contribution is -2.62. The van der Waals surface area contributed by atoms with Crippen molar-refractivity contribution in [2.45, 2.75) is 113 Å². The number of aliphatic hydroxyl groups is 9. The van der Waals surface area contributed by atoms with Crippen LogP contribution < -0.4 is 14.9 Å². The maximum Gasteiger partial charge on any atom is 0.239 e. The minimum absolute atomic E-state index is 0.00154. The van der Waals surface area contributed by atoms with Gasteiger partial charge in [0.05, 0.1) is 19.3 Å². The number of hydrogen-bond donors (Lipinski definition) is 11. The molecular weight excluding hydrogens is 748 g/mol. The Balaban J connectivity index is 1.48. The van der Waals surface area contributed by atoms with Crippen LogP contribution in [0.5, 0.6) is 23.0 Å². The third-order valence-electron chi connectivity index (χ3n) is 9.87. The van der Waals surface area contributed by atoms with E-state index >= 15 is 0 Å². The number of aliphatic hydroxyl groups excluding tert-OH is 9. The maximum atomic E-state index is 14.6. The predicted octanol–water partition coefficient (Wildman–Crippen LogP) is -1.77. The molecule has 3 fully saturated rings. The first-order valence-electron chi connectivity index (χ1n) is 17.8. The fourth-order valence-corrected chi connectivity index (χ4v) is 6.57. The molecule has 0 aliphatic carbocycles. The van der Waals surface area contributed by atoms with E-state index in [1.807, 2.05) is 0 Å². The molecule has 1 aromatic heterocycles. The first kappa shape index (κ1) is 41.7. The van der Waals surface area contributed by atoms with Crippen LogP contribution in [0.3, 0.4) is 0 Å². The van der Waals surface area contributed by atoms with Gasteiger partial charge in [0.25, 0.3) is 0 Å². The van der Waals surface area contributed by atoms with Crippen LogP contribution in [0.4, 0.5) is 0 Å². The third kappa shape index (κ3) is 8.09. The summed E-state index contributed by atoms with van der Waals surface area (Å²) in [7, 11) is 0. The van der Waals surface area contributed by atoms with E-state index in [0.29, 0.717) is 0 Å². The van der Waals surface area contributed by atoms with Crippen LogP contribution >= 0.6 is 0 Å². The highest BCUT2D eigenvalue weighted by Gasteiger charge is 2.49. The number of rotatable bonds is 10. The molecule has 6 rings (SSSR count). The molecule has 0 radical (unpaired) electrons. The van der Waals surface area contributed by atoms with Gasteiger partial charge in [-0.15, -0.1) is 0 Å². The number of benzene rings is 2. The summed E-state index contributed by atoms with van der Waals surface area (Å²) in [4.78, 5) is 14.6. The summed E-state index contributed by atoms with van der Waals surface area (Å²) >= 11 is 0. The molecule has 0 bridgehead atoms. The molecule has 19 nitrogen and oxygen atoms in total. The number of phenols is 2. The van der Waals surface area contributed by atoms with Crippen molar-refractivity contribution in [3.8, 4) is 34.3 Å². The van der Waals surface area contributed by atoms with E-state index in [1.54, 1.807) is 19.9 Å². The molecule has 14 atom stereocenters. The van der Waals surface area contributed by atoms with Crippen molar-refractivity contribution in [1.82, 2.24) is 0 Å². The number of phenolic OH excluding ortho intramolecular Hbond substituents is 2. The summed E-state index contributed by atoms with van der Waals surface area (Å²) in [6.07, 6.45) is -21.1. The Labute approximate surface area is 318 Å². The normalized spacial score (nSPS) is 34.9. The summed E-state index contributed by atoms with van der Waals surface area (Å²) in [6.45, 7) is 3.72. The second kappa shape index (κ2) is 16.9. The van der Waals surface area contributed by atoms with Crippen LogP contribution in [0, 0.1) is 0 Å². The van der Waals surface area contributed by atoms with Crippen LogP contribution in [-0.2, 0) is 25.4 Å². The molecule has 2 aromatic carbocycles. The lowest BCUT2D eigenvalue weighted by Gasteiger charge is -2.43. The summed E-state index contributed by atoms with van der Waals surface area (Å²) in [5.41, 5.74) is -0.137. The summed E-state index contributed by atoms with van der Waals surface area (Å²) < 4.78 is 40.9. The van der Waals surface area contributed by atoms with Crippen molar-refractivity contribution >= 4 is 11.0 Å². The smallest absolute Gasteiger partial charge is 0.239 e. The number of hydrogen-bond acceptors (Lipinski definition) is 19. The van der Waals surface area contributed by atoms with Gasteiger partial charge >= 0.3 is 0 Å². The maximum absolute atomic E-state index is 14.6. The summed E-state index contributed by atoms with van der Waals surface area (Å²) in [5.74, 6) is -1.95. The zero-order valence-electron chi connectivity index (χ0n) is 30.4. The third-order valence-corrected chi connectivity index (χ3v) is 9.87. The Morgan fingerprint density at radius 2 is 1.48 bits per heavy atom. The Kier molecular flexibility index (Phi) is 12.6. The highest BCUT2D eigenvalue weighted by Crippen LogP contribution is 2.42. The standard InChI is InChI=1S/C37H46O19/c1-13(2)4-9-17-20(52-36-30(49)28(47)25(44)21(11-38)53-36)10-18(40)22-26(45)33(31(54-32(17)22)15-5-7-16(39)8-6-15)55-37-34(24(43)19(41)12-50-37)56-35-29(48)27(46)23(42)14(3)51-35/h4-8,10,14,19,21,23-25,27-30,34-44,46-49H,9,11-12H2,1-3H3/t14?,19-,21?,23+,24?,25-,27?,28+,29+,30?,34?,35+,36-,37+/m1/s1. The lowest BCUT2D eigenvalue weighted by molar-refractivity contribution is -0.344. The molecule has 4 heterocycles. The van der Waals surface area contributed by atoms with Crippen molar-refractivity contribution in [3.63, 3.8) is 0 Å². The van der Waals surface area contributed by atoms with E-state index in [9.17, 15) is 61.0 Å². The molecule has 19 heteroatoms. The van der Waals surface area contributed by atoms with E-state index in [1.165, 1.54) is 31.2 Å². The average molecular weight is 795 g/mol. The second-order valence-corrected chi connectivity index (χ2v) is 14.2.